The molecule has 0 aliphatic heterocycles. The zero-order chi connectivity index (χ0) is 20.5. The average Bonchev–Trinajstić information content (AvgIpc) is 3.60. The van der Waals surface area contributed by atoms with Gasteiger partial charge in [-0.1, -0.05) is 80.8 Å². The van der Waals surface area contributed by atoms with Gasteiger partial charge in [0.1, 0.15) is 11.6 Å². The Balaban J connectivity index is 1.64. The van der Waals surface area contributed by atoms with Gasteiger partial charge in [-0.25, -0.2) is 0 Å². The highest BCUT2D eigenvalue weighted by Gasteiger charge is 2.33. The molecule has 1 amide bonds. The van der Waals surface area contributed by atoms with E-state index in [1.165, 1.54) is 31.2 Å². The van der Waals surface area contributed by atoms with Crippen LogP contribution in [-0.2, 0) is 11.2 Å². The Morgan fingerprint density at radius 2 is 1.83 bits per heavy atom. The Hall–Kier alpha value is -2.86. The molecule has 0 saturated heterocycles. The van der Waals surface area contributed by atoms with Crippen molar-refractivity contribution in [2.24, 2.45) is 5.92 Å². The smallest absolute Gasteiger partial charge is 0.262 e. The monoisotopic (exact) mass is 386 g/mol. The molecule has 3 nitrogen and oxygen atoms in total. The number of amides is 1. The molecule has 0 bridgehead atoms. The molecule has 2 aromatic carbocycles. The summed E-state index contributed by atoms with van der Waals surface area (Å²) in [5.74, 6) is 0.171. The van der Waals surface area contributed by atoms with Crippen LogP contribution in [0.15, 0.2) is 60.2 Å². The van der Waals surface area contributed by atoms with Crippen molar-refractivity contribution >= 4 is 12.0 Å². The minimum atomic E-state index is -0.295. The second-order valence-corrected chi connectivity index (χ2v) is 7.92. The largest absolute Gasteiger partial charge is 0.344 e. The molecular formula is C26H30N2O. The average molecular weight is 387 g/mol. The summed E-state index contributed by atoms with van der Waals surface area (Å²) in [6.45, 7) is 2.22. The highest BCUT2D eigenvalue weighted by molar-refractivity contribution is 6.01. The van der Waals surface area contributed by atoms with E-state index in [-0.39, 0.29) is 17.5 Å². The highest BCUT2D eigenvalue weighted by Crippen LogP contribution is 2.41. The zero-order valence-electron chi connectivity index (χ0n) is 17.2. The zero-order valence-corrected chi connectivity index (χ0v) is 17.2. The van der Waals surface area contributed by atoms with E-state index in [1.807, 2.05) is 42.5 Å². The summed E-state index contributed by atoms with van der Waals surface area (Å²) in [6, 6.07) is 20.3. The predicted molar refractivity (Wildman–Crippen MR) is 118 cm³/mol. The molecule has 1 N–H and O–H groups in total. The molecular weight excluding hydrogens is 356 g/mol. The van der Waals surface area contributed by atoms with Crippen molar-refractivity contribution in [2.75, 3.05) is 0 Å². The highest BCUT2D eigenvalue weighted by atomic mass is 16.1. The number of nitriles is 1. The Morgan fingerprint density at radius 1 is 1.10 bits per heavy atom. The summed E-state index contributed by atoms with van der Waals surface area (Å²) in [5, 5.41) is 12.6. The van der Waals surface area contributed by atoms with Gasteiger partial charge in [-0.2, -0.15) is 5.26 Å². The molecule has 2 aromatic rings. The summed E-state index contributed by atoms with van der Waals surface area (Å²) >= 11 is 0. The number of unbranched alkanes of at least 4 members (excludes halogenated alkanes) is 3. The normalized spacial score (nSPS) is 14.8. The molecule has 0 aromatic heterocycles. The minimum Gasteiger partial charge on any atom is -0.344 e. The molecule has 3 heteroatoms. The van der Waals surface area contributed by atoms with E-state index in [0.717, 1.165) is 30.4 Å². The van der Waals surface area contributed by atoms with Crippen molar-refractivity contribution in [2.45, 2.75) is 57.9 Å². The van der Waals surface area contributed by atoms with Crippen LogP contribution < -0.4 is 5.32 Å². The number of hydrogen-bond acceptors (Lipinski definition) is 2. The first-order valence-corrected chi connectivity index (χ1v) is 10.8. The maximum atomic E-state index is 12.8. The van der Waals surface area contributed by atoms with Gasteiger partial charge < -0.3 is 5.32 Å². The molecule has 0 spiro atoms. The molecule has 1 aliphatic carbocycles. The van der Waals surface area contributed by atoms with Crippen LogP contribution in [0, 0.1) is 17.2 Å². The quantitative estimate of drug-likeness (QED) is 0.310. The van der Waals surface area contributed by atoms with Crippen molar-refractivity contribution < 1.29 is 4.79 Å². The summed E-state index contributed by atoms with van der Waals surface area (Å²) in [6.07, 6.45) is 10.00. The van der Waals surface area contributed by atoms with Gasteiger partial charge in [-0.05, 0) is 54.4 Å². The van der Waals surface area contributed by atoms with Gasteiger partial charge in [0, 0.05) is 0 Å². The Labute approximate surface area is 174 Å². The maximum Gasteiger partial charge on any atom is 0.262 e. The lowest BCUT2D eigenvalue weighted by atomic mass is 10.0. The third-order valence-corrected chi connectivity index (χ3v) is 5.51. The first-order chi connectivity index (χ1) is 14.2. The van der Waals surface area contributed by atoms with Crippen molar-refractivity contribution in [1.82, 2.24) is 5.32 Å². The van der Waals surface area contributed by atoms with E-state index in [1.54, 1.807) is 6.08 Å². The molecule has 1 unspecified atom stereocenters. The standard InChI is InChI=1S/C26H30N2O/c1-2-3-4-6-9-20-12-14-21(15-13-20)18-24(19-27)26(29)28-25(23-16-17-23)22-10-7-5-8-11-22/h5,7-8,10-15,18,23,25H,2-4,6,9,16-17H2,1H3,(H,28,29). The lowest BCUT2D eigenvalue weighted by Crippen LogP contribution is -2.30. The van der Waals surface area contributed by atoms with Gasteiger partial charge in [0.25, 0.3) is 5.91 Å². The van der Waals surface area contributed by atoms with Gasteiger partial charge in [-0.3, -0.25) is 4.79 Å². The van der Waals surface area contributed by atoms with Crippen LogP contribution in [0.5, 0.6) is 0 Å². The molecule has 1 saturated carbocycles. The van der Waals surface area contributed by atoms with Gasteiger partial charge >= 0.3 is 0 Å². The van der Waals surface area contributed by atoms with Crippen LogP contribution in [0.25, 0.3) is 6.08 Å². The topological polar surface area (TPSA) is 52.9 Å². The first-order valence-electron chi connectivity index (χ1n) is 10.8. The van der Waals surface area contributed by atoms with E-state index in [2.05, 4.69) is 30.4 Å². The second kappa shape index (κ2) is 10.6. The molecule has 1 aliphatic rings. The number of carbonyl (C=O) groups is 1. The summed E-state index contributed by atoms with van der Waals surface area (Å²) in [4.78, 5) is 12.8. The van der Waals surface area contributed by atoms with Crippen molar-refractivity contribution in [3.05, 3.63) is 76.9 Å². The summed E-state index contributed by atoms with van der Waals surface area (Å²) < 4.78 is 0. The van der Waals surface area contributed by atoms with E-state index in [0.29, 0.717) is 5.92 Å². The Morgan fingerprint density at radius 3 is 2.45 bits per heavy atom. The van der Waals surface area contributed by atoms with Crippen molar-refractivity contribution in [1.29, 1.82) is 5.26 Å². The fraction of sp³-hybridized carbons (Fsp3) is 0.385. The molecule has 1 fully saturated rings. The number of aryl methyl sites for hydroxylation is 1. The van der Waals surface area contributed by atoms with Crippen LogP contribution in [-0.4, -0.2) is 5.91 Å². The van der Waals surface area contributed by atoms with E-state index in [4.69, 9.17) is 0 Å². The summed E-state index contributed by atoms with van der Waals surface area (Å²) in [7, 11) is 0. The molecule has 1 atom stereocenters. The fourth-order valence-corrected chi connectivity index (χ4v) is 3.63. The number of carbonyl (C=O) groups excluding carboxylic acids is 1. The van der Waals surface area contributed by atoms with Gasteiger partial charge in [0.05, 0.1) is 6.04 Å². The molecule has 0 heterocycles. The second-order valence-electron chi connectivity index (χ2n) is 7.92. The predicted octanol–water partition coefficient (Wildman–Crippen LogP) is 5.98. The van der Waals surface area contributed by atoms with Gasteiger partial charge in [0.15, 0.2) is 0 Å². The van der Waals surface area contributed by atoms with E-state index < -0.39 is 0 Å². The van der Waals surface area contributed by atoms with Crippen LogP contribution in [0.4, 0.5) is 0 Å². The van der Waals surface area contributed by atoms with Gasteiger partial charge in [0.2, 0.25) is 0 Å². The maximum absolute atomic E-state index is 12.8. The van der Waals surface area contributed by atoms with E-state index >= 15 is 0 Å². The third-order valence-electron chi connectivity index (χ3n) is 5.51. The van der Waals surface area contributed by atoms with Crippen LogP contribution in [0.3, 0.4) is 0 Å². The minimum absolute atomic E-state index is 0.0223. The number of rotatable bonds is 10. The SMILES string of the molecule is CCCCCCc1ccc(C=C(C#N)C(=O)NC(c2ccccc2)C2CC2)cc1. The van der Waals surface area contributed by atoms with Gasteiger partial charge in [-0.15, -0.1) is 0 Å². The number of nitrogens with zero attached hydrogens (tertiary/aromatic N) is 1. The van der Waals surface area contributed by atoms with Crippen LogP contribution in [0.1, 0.15) is 68.2 Å². The lowest BCUT2D eigenvalue weighted by Gasteiger charge is -2.18. The van der Waals surface area contributed by atoms with Crippen molar-refractivity contribution in [3.8, 4) is 6.07 Å². The molecule has 3 rings (SSSR count). The van der Waals surface area contributed by atoms with Crippen molar-refractivity contribution in [3.63, 3.8) is 0 Å². The van der Waals surface area contributed by atoms with Crippen LogP contribution in [0.2, 0.25) is 0 Å². The Bertz CT molecular complexity index is 858. The molecule has 150 valence electrons. The molecule has 0 radical (unpaired) electrons. The number of hydrogen-bond donors (Lipinski definition) is 1. The Kier molecular flexibility index (Phi) is 7.64. The summed E-state index contributed by atoms with van der Waals surface area (Å²) in [5.41, 5.74) is 3.45. The lowest BCUT2D eigenvalue weighted by molar-refractivity contribution is -0.117. The first kappa shape index (κ1) is 20.9. The fourth-order valence-electron chi connectivity index (χ4n) is 3.63. The third kappa shape index (κ3) is 6.32. The van der Waals surface area contributed by atoms with Crippen LogP contribution >= 0.6 is 0 Å². The molecule has 29 heavy (non-hydrogen) atoms. The number of nitrogens with one attached hydrogen (secondary N) is 1. The number of benzene rings is 2. The van der Waals surface area contributed by atoms with E-state index in [9.17, 15) is 10.1 Å².